The van der Waals surface area contributed by atoms with Crippen molar-refractivity contribution in [1.82, 2.24) is 4.31 Å². The number of sulfonamides is 1. The fourth-order valence-electron chi connectivity index (χ4n) is 4.25. The van der Waals surface area contributed by atoms with Crippen LogP contribution in [0.15, 0.2) is 48.5 Å². The van der Waals surface area contributed by atoms with E-state index in [-0.39, 0.29) is 17.6 Å². The van der Waals surface area contributed by atoms with E-state index >= 15 is 0 Å². The zero-order chi connectivity index (χ0) is 21.8. The van der Waals surface area contributed by atoms with Crippen LogP contribution in [-0.4, -0.2) is 44.8 Å². The Hall–Kier alpha value is -2.09. The second-order valence-corrected chi connectivity index (χ2v) is 10.7. The summed E-state index contributed by atoms with van der Waals surface area (Å²) in [4.78, 5) is 15.0. The smallest absolute Gasteiger partial charge is 0.227 e. The van der Waals surface area contributed by atoms with E-state index in [1.165, 1.54) is 22.8 Å². The maximum atomic E-state index is 12.7. The average molecular weight is 462 g/mol. The molecule has 0 radical (unpaired) electrons. The molecule has 0 unspecified atom stereocenters. The van der Waals surface area contributed by atoms with Crippen LogP contribution in [-0.2, 0) is 20.6 Å². The predicted octanol–water partition coefficient (Wildman–Crippen LogP) is 4.12. The number of halogens is 1. The summed E-state index contributed by atoms with van der Waals surface area (Å²) < 4.78 is 27.0. The van der Waals surface area contributed by atoms with E-state index in [0.717, 1.165) is 18.8 Å². The Morgan fingerprint density at radius 3 is 2.16 bits per heavy atom. The summed E-state index contributed by atoms with van der Waals surface area (Å²) >= 11 is 5.87. The second-order valence-electron chi connectivity index (χ2n) is 8.29. The largest absolute Gasteiger partial charge is 0.372 e. The fourth-order valence-corrected chi connectivity index (χ4v) is 5.94. The molecule has 0 atom stereocenters. The molecule has 2 fully saturated rings. The number of anilines is 2. The molecule has 0 saturated carbocycles. The number of hydrogen-bond acceptors (Lipinski definition) is 4. The van der Waals surface area contributed by atoms with Crippen LogP contribution in [0, 0.1) is 5.92 Å². The number of nitrogens with zero attached hydrogens (tertiary/aromatic N) is 2. The van der Waals surface area contributed by atoms with E-state index in [2.05, 4.69) is 10.2 Å². The Bertz CT molecular complexity index is 995. The summed E-state index contributed by atoms with van der Waals surface area (Å²) in [6.07, 6.45) is 3.51. The van der Waals surface area contributed by atoms with Gasteiger partial charge in [-0.3, -0.25) is 4.79 Å². The number of carbonyl (C=O) groups excluding carboxylic acids is 1. The SMILES string of the molecule is O=C(Nc1ccc(N2CCCC2)cc1)C1CCN(S(=O)(=O)Cc2ccc(Cl)cc2)CC1. The highest BCUT2D eigenvalue weighted by Crippen LogP contribution is 2.25. The standard InChI is InChI=1S/C23H28ClN3O3S/c24-20-5-3-18(4-6-20)17-31(29,30)27-15-11-19(12-16-27)23(28)25-21-7-9-22(10-8-21)26-13-1-2-14-26/h3-10,19H,1-2,11-17H2,(H,25,28). The van der Waals surface area contributed by atoms with Gasteiger partial charge >= 0.3 is 0 Å². The quantitative estimate of drug-likeness (QED) is 0.702. The minimum atomic E-state index is -3.42. The lowest BCUT2D eigenvalue weighted by Gasteiger charge is -2.30. The van der Waals surface area contributed by atoms with Gasteiger partial charge in [0.1, 0.15) is 0 Å². The van der Waals surface area contributed by atoms with E-state index in [1.54, 1.807) is 24.3 Å². The van der Waals surface area contributed by atoms with Gasteiger partial charge in [0.25, 0.3) is 0 Å². The van der Waals surface area contributed by atoms with E-state index in [1.807, 2.05) is 24.3 Å². The normalized spacial score (nSPS) is 18.3. The zero-order valence-electron chi connectivity index (χ0n) is 17.5. The van der Waals surface area contributed by atoms with E-state index < -0.39 is 10.0 Å². The molecular weight excluding hydrogens is 434 g/mol. The Labute approximate surface area is 189 Å². The molecule has 6 nitrogen and oxygen atoms in total. The number of hydrogen-bond donors (Lipinski definition) is 1. The van der Waals surface area contributed by atoms with Gasteiger partial charge in [0.05, 0.1) is 5.75 Å². The molecule has 2 heterocycles. The molecule has 1 N–H and O–H groups in total. The van der Waals surface area contributed by atoms with Crippen LogP contribution in [0.3, 0.4) is 0 Å². The summed E-state index contributed by atoms with van der Waals surface area (Å²) in [6, 6.07) is 14.8. The number of amides is 1. The summed E-state index contributed by atoms with van der Waals surface area (Å²) in [5, 5.41) is 3.57. The third-order valence-corrected chi connectivity index (χ3v) is 8.19. The first-order valence-corrected chi connectivity index (χ1v) is 12.8. The van der Waals surface area contributed by atoms with Crippen molar-refractivity contribution in [3.63, 3.8) is 0 Å². The number of nitrogens with one attached hydrogen (secondary N) is 1. The minimum Gasteiger partial charge on any atom is -0.372 e. The first-order valence-electron chi connectivity index (χ1n) is 10.8. The Morgan fingerprint density at radius 1 is 0.935 bits per heavy atom. The van der Waals surface area contributed by atoms with Crippen molar-refractivity contribution in [3.8, 4) is 0 Å². The van der Waals surface area contributed by atoms with Crippen LogP contribution in [0.2, 0.25) is 5.02 Å². The molecule has 4 rings (SSSR count). The summed E-state index contributed by atoms with van der Waals surface area (Å²) in [6.45, 7) is 2.90. The summed E-state index contributed by atoms with van der Waals surface area (Å²) in [7, 11) is -3.42. The van der Waals surface area contributed by atoms with Crippen LogP contribution in [0.4, 0.5) is 11.4 Å². The lowest BCUT2D eigenvalue weighted by atomic mass is 9.97. The Kier molecular flexibility index (Phi) is 6.84. The van der Waals surface area contributed by atoms with Gasteiger partial charge in [-0.15, -0.1) is 0 Å². The van der Waals surface area contributed by atoms with Crippen molar-refractivity contribution in [1.29, 1.82) is 0 Å². The van der Waals surface area contributed by atoms with Crippen LogP contribution < -0.4 is 10.2 Å². The van der Waals surface area contributed by atoms with E-state index in [0.29, 0.717) is 36.5 Å². The van der Waals surface area contributed by atoms with E-state index in [9.17, 15) is 13.2 Å². The summed E-state index contributed by atoms with van der Waals surface area (Å²) in [5.74, 6) is -0.270. The third kappa shape index (κ3) is 5.59. The molecule has 2 aromatic carbocycles. The lowest BCUT2D eigenvalue weighted by Crippen LogP contribution is -2.41. The van der Waals surface area contributed by atoms with Crippen molar-refractivity contribution >= 4 is 38.9 Å². The van der Waals surface area contributed by atoms with Gasteiger partial charge in [-0.2, -0.15) is 0 Å². The molecule has 2 aliphatic rings. The first-order chi connectivity index (χ1) is 14.9. The number of benzene rings is 2. The predicted molar refractivity (Wildman–Crippen MR) is 125 cm³/mol. The molecule has 0 aliphatic carbocycles. The second kappa shape index (κ2) is 9.59. The van der Waals surface area contributed by atoms with Crippen molar-refractivity contribution in [3.05, 3.63) is 59.1 Å². The van der Waals surface area contributed by atoms with Gasteiger partial charge in [-0.1, -0.05) is 23.7 Å². The molecule has 2 aliphatic heterocycles. The molecule has 31 heavy (non-hydrogen) atoms. The Balaban J connectivity index is 1.28. The van der Waals surface area contributed by atoms with Crippen LogP contribution in [0.1, 0.15) is 31.2 Å². The number of rotatable bonds is 6. The van der Waals surface area contributed by atoms with Gasteiger partial charge in [0.2, 0.25) is 15.9 Å². The maximum absolute atomic E-state index is 12.7. The van der Waals surface area contributed by atoms with Gasteiger partial charge < -0.3 is 10.2 Å². The van der Waals surface area contributed by atoms with Crippen LogP contribution >= 0.6 is 11.6 Å². The zero-order valence-corrected chi connectivity index (χ0v) is 19.0. The molecule has 0 bridgehead atoms. The highest BCUT2D eigenvalue weighted by molar-refractivity contribution is 7.88. The van der Waals surface area contributed by atoms with Crippen molar-refractivity contribution in [2.24, 2.45) is 5.92 Å². The first kappa shape index (κ1) is 22.1. The highest BCUT2D eigenvalue weighted by Gasteiger charge is 2.31. The molecular formula is C23H28ClN3O3S. The van der Waals surface area contributed by atoms with Crippen LogP contribution in [0.5, 0.6) is 0 Å². The molecule has 0 spiro atoms. The lowest BCUT2D eigenvalue weighted by molar-refractivity contribution is -0.120. The molecule has 8 heteroatoms. The molecule has 2 saturated heterocycles. The van der Waals surface area contributed by atoms with Crippen molar-refractivity contribution < 1.29 is 13.2 Å². The van der Waals surface area contributed by atoms with Gasteiger partial charge in [0.15, 0.2) is 0 Å². The monoisotopic (exact) mass is 461 g/mol. The molecule has 166 valence electrons. The van der Waals surface area contributed by atoms with Gasteiger partial charge in [0, 0.05) is 48.5 Å². The highest BCUT2D eigenvalue weighted by atomic mass is 35.5. The topological polar surface area (TPSA) is 69.7 Å². The molecule has 2 aromatic rings. The van der Waals surface area contributed by atoms with E-state index in [4.69, 9.17) is 11.6 Å². The number of carbonyl (C=O) groups is 1. The van der Waals surface area contributed by atoms with Gasteiger partial charge in [-0.25, -0.2) is 12.7 Å². The third-order valence-electron chi connectivity index (χ3n) is 6.09. The average Bonchev–Trinajstić information content (AvgIpc) is 3.31. The fraction of sp³-hybridized carbons (Fsp3) is 0.435. The van der Waals surface area contributed by atoms with Crippen molar-refractivity contribution in [2.45, 2.75) is 31.4 Å². The Morgan fingerprint density at radius 2 is 1.55 bits per heavy atom. The molecule has 0 aromatic heterocycles. The van der Waals surface area contributed by atoms with Crippen molar-refractivity contribution in [2.75, 3.05) is 36.4 Å². The number of piperidine rings is 1. The minimum absolute atomic E-state index is 0.0383. The van der Waals surface area contributed by atoms with Crippen LogP contribution in [0.25, 0.3) is 0 Å². The molecule has 1 amide bonds. The van der Waals surface area contributed by atoms with Gasteiger partial charge in [-0.05, 0) is 67.6 Å². The maximum Gasteiger partial charge on any atom is 0.227 e. The summed E-state index contributed by atoms with van der Waals surface area (Å²) in [5.41, 5.74) is 2.68.